The van der Waals surface area contributed by atoms with Gasteiger partial charge in [-0.25, -0.2) is 4.79 Å². The second kappa shape index (κ2) is 4.01. The van der Waals surface area contributed by atoms with Crippen molar-refractivity contribution < 1.29 is 19.4 Å². The molecule has 5 nitrogen and oxygen atoms in total. The zero-order chi connectivity index (χ0) is 12.6. The molecule has 0 saturated heterocycles. The molecule has 5 heteroatoms. The third kappa shape index (κ3) is 1.69. The van der Waals surface area contributed by atoms with E-state index >= 15 is 0 Å². The van der Waals surface area contributed by atoms with Gasteiger partial charge in [-0.3, -0.25) is 0 Å². The predicted molar refractivity (Wildman–Crippen MR) is 63.1 cm³/mol. The van der Waals surface area contributed by atoms with E-state index in [4.69, 9.17) is 14.6 Å². The van der Waals surface area contributed by atoms with Gasteiger partial charge in [0.2, 0.25) is 0 Å². The first kappa shape index (κ1) is 11.3. The van der Waals surface area contributed by atoms with Gasteiger partial charge in [0.15, 0.2) is 0 Å². The number of nitrogens with one attached hydrogen (secondary N) is 1. The van der Waals surface area contributed by atoms with Gasteiger partial charge in [-0.05, 0) is 12.5 Å². The molecule has 1 aromatic carbocycles. The normalized spacial score (nSPS) is 10.5. The first-order valence-electron chi connectivity index (χ1n) is 5.06. The number of H-pyrrole nitrogens is 1. The van der Waals surface area contributed by atoms with Crippen LogP contribution in [0, 0.1) is 6.92 Å². The number of ether oxygens (including phenoxy) is 2. The molecular weight excluding hydrogens is 222 g/mol. The molecule has 1 aromatic heterocycles. The summed E-state index contributed by atoms with van der Waals surface area (Å²) in [6.07, 6.45) is 0. The number of rotatable bonds is 3. The lowest BCUT2D eigenvalue weighted by Crippen LogP contribution is -1.98. The highest BCUT2D eigenvalue weighted by atomic mass is 16.5. The zero-order valence-corrected chi connectivity index (χ0v) is 9.83. The van der Waals surface area contributed by atoms with Crippen molar-refractivity contribution in [2.75, 3.05) is 14.2 Å². The lowest BCUT2D eigenvalue weighted by atomic mass is 10.1. The van der Waals surface area contributed by atoms with Crippen LogP contribution in [0.2, 0.25) is 0 Å². The molecule has 2 aromatic rings. The number of hydrogen-bond acceptors (Lipinski definition) is 3. The van der Waals surface area contributed by atoms with Crippen molar-refractivity contribution in [3.8, 4) is 11.5 Å². The van der Waals surface area contributed by atoms with Crippen molar-refractivity contribution in [3.05, 3.63) is 23.4 Å². The largest absolute Gasteiger partial charge is 0.497 e. The van der Waals surface area contributed by atoms with E-state index in [2.05, 4.69) is 4.98 Å². The van der Waals surface area contributed by atoms with Gasteiger partial charge >= 0.3 is 5.97 Å². The summed E-state index contributed by atoms with van der Waals surface area (Å²) in [6, 6.07) is 3.48. The Bertz CT molecular complexity index is 586. The third-order valence-electron chi connectivity index (χ3n) is 2.75. The second-order valence-corrected chi connectivity index (χ2v) is 3.68. The fraction of sp³-hybridized carbons (Fsp3) is 0.250. The Morgan fingerprint density at radius 1 is 1.29 bits per heavy atom. The summed E-state index contributed by atoms with van der Waals surface area (Å²) >= 11 is 0. The van der Waals surface area contributed by atoms with Crippen LogP contribution in [0.25, 0.3) is 10.9 Å². The number of aromatic amines is 1. The summed E-state index contributed by atoms with van der Waals surface area (Å²) in [4.78, 5) is 13.9. The number of hydrogen-bond donors (Lipinski definition) is 2. The van der Waals surface area contributed by atoms with Crippen LogP contribution >= 0.6 is 0 Å². The number of carboxylic acids is 1. The first-order chi connectivity index (χ1) is 8.08. The van der Waals surface area contributed by atoms with Crippen LogP contribution in [-0.4, -0.2) is 30.3 Å². The molecule has 0 unspecified atom stereocenters. The van der Waals surface area contributed by atoms with Crippen molar-refractivity contribution in [1.29, 1.82) is 0 Å². The van der Waals surface area contributed by atoms with E-state index in [0.717, 1.165) is 5.39 Å². The summed E-state index contributed by atoms with van der Waals surface area (Å²) in [6.45, 7) is 1.75. The van der Waals surface area contributed by atoms with Crippen LogP contribution in [0.1, 0.15) is 16.1 Å². The zero-order valence-electron chi connectivity index (χ0n) is 9.83. The molecule has 0 atom stereocenters. The molecule has 0 aliphatic carbocycles. The maximum atomic E-state index is 11.0. The van der Waals surface area contributed by atoms with E-state index in [0.29, 0.717) is 22.6 Å². The van der Waals surface area contributed by atoms with E-state index in [1.165, 1.54) is 0 Å². The fourth-order valence-corrected chi connectivity index (χ4v) is 1.92. The Balaban J connectivity index is 2.81. The van der Waals surface area contributed by atoms with Crippen molar-refractivity contribution in [1.82, 2.24) is 4.98 Å². The maximum absolute atomic E-state index is 11.0. The van der Waals surface area contributed by atoms with Gasteiger partial charge in [-0.2, -0.15) is 0 Å². The van der Waals surface area contributed by atoms with Crippen LogP contribution < -0.4 is 9.47 Å². The quantitative estimate of drug-likeness (QED) is 0.855. The number of carbonyl (C=O) groups is 1. The average Bonchev–Trinajstić information content (AvgIpc) is 2.65. The molecule has 0 aliphatic rings. The molecule has 1 heterocycles. The van der Waals surface area contributed by atoms with Gasteiger partial charge in [0.25, 0.3) is 0 Å². The number of benzene rings is 1. The second-order valence-electron chi connectivity index (χ2n) is 3.68. The molecule has 0 amide bonds. The van der Waals surface area contributed by atoms with Gasteiger partial charge in [0, 0.05) is 17.5 Å². The monoisotopic (exact) mass is 235 g/mol. The molecule has 0 radical (unpaired) electrons. The van der Waals surface area contributed by atoms with Crippen molar-refractivity contribution >= 4 is 16.9 Å². The highest BCUT2D eigenvalue weighted by Gasteiger charge is 2.17. The summed E-state index contributed by atoms with van der Waals surface area (Å²) in [5.41, 5.74) is 1.52. The van der Waals surface area contributed by atoms with Gasteiger partial charge in [0.1, 0.15) is 17.2 Å². The number of carboxylic acid groups (broad SMARTS) is 1. The van der Waals surface area contributed by atoms with Crippen molar-refractivity contribution in [3.63, 3.8) is 0 Å². The van der Waals surface area contributed by atoms with E-state index < -0.39 is 5.97 Å². The minimum absolute atomic E-state index is 0.173. The summed E-state index contributed by atoms with van der Waals surface area (Å²) in [7, 11) is 3.09. The molecule has 90 valence electrons. The Hall–Kier alpha value is -2.17. The number of fused-ring (bicyclic) bond motifs is 1. The molecule has 0 saturated carbocycles. The summed E-state index contributed by atoms with van der Waals surface area (Å²) < 4.78 is 10.4. The highest BCUT2D eigenvalue weighted by molar-refractivity contribution is 6.00. The maximum Gasteiger partial charge on any atom is 0.352 e. The third-order valence-corrected chi connectivity index (χ3v) is 2.75. The topological polar surface area (TPSA) is 71.6 Å². The number of aryl methyl sites for hydroxylation is 1. The number of aromatic carboxylic acids is 1. The molecule has 0 fully saturated rings. The Morgan fingerprint density at radius 2 is 2.00 bits per heavy atom. The standard InChI is InChI=1S/C12H13NO4/c1-6-10-8(13-11(6)12(14)15)4-7(16-2)5-9(10)17-3/h4-5,13H,1-3H3,(H,14,15). The van der Waals surface area contributed by atoms with Gasteiger partial charge in [-0.1, -0.05) is 0 Å². The minimum atomic E-state index is -0.986. The van der Waals surface area contributed by atoms with E-state index in [9.17, 15) is 4.79 Å². The molecule has 0 bridgehead atoms. The van der Waals surface area contributed by atoms with Gasteiger partial charge < -0.3 is 19.6 Å². The molecule has 2 rings (SSSR count). The van der Waals surface area contributed by atoms with Crippen molar-refractivity contribution in [2.24, 2.45) is 0 Å². The summed E-state index contributed by atoms with van der Waals surface area (Å²) in [5.74, 6) is 0.229. The van der Waals surface area contributed by atoms with Crippen LogP contribution in [0.3, 0.4) is 0 Å². The van der Waals surface area contributed by atoms with Crippen LogP contribution in [0.5, 0.6) is 11.5 Å². The SMILES string of the molecule is COc1cc(OC)c2c(C)c(C(=O)O)[nH]c2c1. The van der Waals surface area contributed by atoms with Gasteiger partial charge in [0.05, 0.1) is 19.7 Å². The molecular formula is C12H13NO4. The molecule has 2 N–H and O–H groups in total. The number of methoxy groups -OCH3 is 2. The van der Waals surface area contributed by atoms with Gasteiger partial charge in [-0.15, -0.1) is 0 Å². The van der Waals surface area contributed by atoms with Crippen LogP contribution in [-0.2, 0) is 0 Å². The minimum Gasteiger partial charge on any atom is -0.497 e. The fourth-order valence-electron chi connectivity index (χ4n) is 1.92. The van der Waals surface area contributed by atoms with E-state index in [-0.39, 0.29) is 5.69 Å². The lowest BCUT2D eigenvalue weighted by molar-refractivity contribution is 0.0691. The highest BCUT2D eigenvalue weighted by Crippen LogP contribution is 2.34. The van der Waals surface area contributed by atoms with Crippen LogP contribution in [0.4, 0.5) is 0 Å². The first-order valence-corrected chi connectivity index (χ1v) is 5.06. The van der Waals surface area contributed by atoms with E-state index in [1.54, 1.807) is 33.3 Å². The average molecular weight is 235 g/mol. The molecule has 0 spiro atoms. The van der Waals surface area contributed by atoms with E-state index in [1.807, 2.05) is 0 Å². The lowest BCUT2D eigenvalue weighted by Gasteiger charge is -2.06. The molecule has 0 aliphatic heterocycles. The Morgan fingerprint density at radius 3 is 2.53 bits per heavy atom. The number of aromatic nitrogens is 1. The summed E-state index contributed by atoms with van der Waals surface area (Å²) in [5, 5.41) is 9.82. The van der Waals surface area contributed by atoms with Crippen molar-refractivity contribution in [2.45, 2.75) is 6.92 Å². The van der Waals surface area contributed by atoms with Crippen LogP contribution in [0.15, 0.2) is 12.1 Å². The molecule has 17 heavy (non-hydrogen) atoms. The Labute approximate surface area is 98.0 Å². The predicted octanol–water partition coefficient (Wildman–Crippen LogP) is 2.19. The smallest absolute Gasteiger partial charge is 0.352 e. The Kier molecular flexibility index (Phi) is 2.67.